The summed E-state index contributed by atoms with van der Waals surface area (Å²) < 4.78 is 0. The molecule has 7 heteroatoms. The van der Waals surface area contributed by atoms with Gasteiger partial charge in [-0.05, 0) is 55.2 Å². The van der Waals surface area contributed by atoms with Crippen LogP contribution in [0, 0.1) is 5.92 Å². The number of aromatic nitrogens is 1. The SMILES string of the molecule is CN/C(=C\N(N)c1ccc(NC(=O)Nc2cccc3cnccc23)cc1)CCC(C)C. The fraction of sp³-hybridized carbons (Fsp3) is 0.250. The van der Waals surface area contributed by atoms with Crippen LogP contribution in [-0.2, 0) is 0 Å². The number of carbonyl (C=O) groups is 1. The topological polar surface area (TPSA) is 95.3 Å². The van der Waals surface area contributed by atoms with E-state index in [-0.39, 0.29) is 6.03 Å². The minimum atomic E-state index is -0.312. The van der Waals surface area contributed by atoms with Crippen molar-refractivity contribution in [3.63, 3.8) is 0 Å². The molecule has 31 heavy (non-hydrogen) atoms. The molecule has 7 nitrogen and oxygen atoms in total. The highest BCUT2D eigenvalue weighted by atomic mass is 16.2. The number of rotatable bonds is 8. The Morgan fingerprint density at radius 3 is 2.61 bits per heavy atom. The molecule has 2 aromatic carbocycles. The Balaban J connectivity index is 1.62. The number of hydrogen-bond acceptors (Lipinski definition) is 5. The predicted octanol–water partition coefficient (Wildman–Crippen LogP) is 5.06. The van der Waals surface area contributed by atoms with Crippen LogP contribution < -0.4 is 26.8 Å². The molecule has 0 saturated heterocycles. The Kier molecular flexibility index (Phi) is 7.45. The summed E-state index contributed by atoms with van der Waals surface area (Å²) in [6, 6.07) is 14.7. The maximum atomic E-state index is 12.5. The number of carbonyl (C=O) groups excluding carboxylic acids is 1. The van der Waals surface area contributed by atoms with E-state index in [4.69, 9.17) is 5.84 Å². The van der Waals surface area contributed by atoms with E-state index in [9.17, 15) is 4.79 Å². The number of fused-ring (bicyclic) bond motifs is 1. The number of anilines is 3. The lowest BCUT2D eigenvalue weighted by molar-refractivity contribution is 0.262. The summed E-state index contributed by atoms with van der Waals surface area (Å²) in [5.41, 5.74) is 3.30. The zero-order valence-corrected chi connectivity index (χ0v) is 18.2. The van der Waals surface area contributed by atoms with Crippen molar-refractivity contribution in [2.24, 2.45) is 11.8 Å². The van der Waals surface area contributed by atoms with Crippen molar-refractivity contribution in [2.75, 3.05) is 22.7 Å². The Morgan fingerprint density at radius 1 is 1.13 bits per heavy atom. The van der Waals surface area contributed by atoms with E-state index in [1.165, 1.54) is 0 Å². The lowest BCUT2D eigenvalue weighted by Gasteiger charge is -2.18. The molecule has 1 aromatic heterocycles. The molecular formula is C24H30N6O. The molecule has 0 aliphatic carbocycles. The van der Waals surface area contributed by atoms with E-state index in [1.807, 2.05) is 61.8 Å². The molecular weight excluding hydrogens is 388 g/mol. The quantitative estimate of drug-likeness (QED) is 0.303. The fourth-order valence-electron chi connectivity index (χ4n) is 3.17. The molecule has 0 atom stereocenters. The van der Waals surface area contributed by atoms with Crippen LogP contribution in [0.15, 0.2) is 72.8 Å². The van der Waals surface area contributed by atoms with Gasteiger partial charge >= 0.3 is 6.03 Å². The molecule has 162 valence electrons. The van der Waals surface area contributed by atoms with Crippen molar-refractivity contribution in [3.8, 4) is 0 Å². The highest BCUT2D eigenvalue weighted by molar-refractivity contribution is 6.06. The number of pyridine rings is 1. The molecule has 3 aromatic rings. The second-order valence-corrected chi connectivity index (χ2v) is 7.77. The summed E-state index contributed by atoms with van der Waals surface area (Å²) in [5, 5.41) is 12.4. The number of hydrogen-bond donors (Lipinski definition) is 4. The number of nitrogens with two attached hydrogens (primary N) is 1. The Hall–Kier alpha value is -3.58. The van der Waals surface area contributed by atoms with Crippen molar-refractivity contribution >= 4 is 33.9 Å². The molecule has 0 saturated carbocycles. The molecule has 2 amide bonds. The van der Waals surface area contributed by atoms with Gasteiger partial charge in [0.25, 0.3) is 0 Å². The van der Waals surface area contributed by atoms with Crippen LogP contribution in [0.2, 0.25) is 0 Å². The van der Waals surface area contributed by atoms with E-state index < -0.39 is 0 Å². The summed E-state index contributed by atoms with van der Waals surface area (Å²) in [7, 11) is 1.90. The van der Waals surface area contributed by atoms with E-state index in [1.54, 1.807) is 17.4 Å². The van der Waals surface area contributed by atoms with Gasteiger partial charge in [-0.3, -0.25) is 9.99 Å². The molecule has 0 bridgehead atoms. The number of nitrogens with zero attached hydrogens (tertiary/aromatic N) is 2. The van der Waals surface area contributed by atoms with Gasteiger partial charge in [0.2, 0.25) is 0 Å². The number of urea groups is 1. The first-order valence-electron chi connectivity index (χ1n) is 10.4. The van der Waals surface area contributed by atoms with Crippen LogP contribution in [0.5, 0.6) is 0 Å². The molecule has 5 N–H and O–H groups in total. The minimum absolute atomic E-state index is 0.312. The van der Waals surface area contributed by atoms with Crippen LogP contribution in [-0.4, -0.2) is 18.1 Å². The van der Waals surface area contributed by atoms with Gasteiger partial charge < -0.3 is 16.0 Å². The molecule has 0 spiro atoms. The molecule has 3 rings (SSSR count). The number of allylic oxidation sites excluding steroid dienone is 1. The number of hydrazine groups is 1. The van der Waals surface area contributed by atoms with Crippen molar-refractivity contribution in [3.05, 3.63) is 72.8 Å². The minimum Gasteiger partial charge on any atom is -0.390 e. The largest absolute Gasteiger partial charge is 0.390 e. The van der Waals surface area contributed by atoms with Gasteiger partial charge in [-0.15, -0.1) is 0 Å². The molecule has 0 unspecified atom stereocenters. The monoisotopic (exact) mass is 418 g/mol. The molecule has 0 radical (unpaired) electrons. The molecule has 0 aliphatic heterocycles. The summed E-state index contributed by atoms with van der Waals surface area (Å²) in [4.78, 5) is 16.6. The van der Waals surface area contributed by atoms with Gasteiger partial charge in [-0.2, -0.15) is 0 Å². The molecule has 1 heterocycles. The summed E-state index contributed by atoms with van der Waals surface area (Å²) in [6.45, 7) is 4.40. The molecule has 0 fully saturated rings. The average molecular weight is 419 g/mol. The van der Waals surface area contributed by atoms with Crippen LogP contribution in [0.4, 0.5) is 21.9 Å². The summed E-state index contributed by atoms with van der Waals surface area (Å²) >= 11 is 0. The van der Waals surface area contributed by atoms with Crippen LogP contribution in [0.3, 0.4) is 0 Å². The van der Waals surface area contributed by atoms with Crippen molar-refractivity contribution in [2.45, 2.75) is 26.7 Å². The lowest BCUT2D eigenvalue weighted by Crippen LogP contribution is -2.26. The van der Waals surface area contributed by atoms with E-state index in [2.05, 4.69) is 34.8 Å². The number of benzene rings is 2. The van der Waals surface area contributed by atoms with Crippen LogP contribution in [0.25, 0.3) is 10.8 Å². The van der Waals surface area contributed by atoms with E-state index in [0.29, 0.717) is 11.6 Å². The second-order valence-electron chi connectivity index (χ2n) is 7.77. The predicted molar refractivity (Wildman–Crippen MR) is 129 cm³/mol. The van der Waals surface area contributed by atoms with E-state index >= 15 is 0 Å². The van der Waals surface area contributed by atoms with Gasteiger partial charge in [0.15, 0.2) is 0 Å². The van der Waals surface area contributed by atoms with Crippen LogP contribution >= 0.6 is 0 Å². The Morgan fingerprint density at radius 2 is 1.90 bits per heavy atom. The normalized spacial score (nSPS) is 11.5. The maximum absolute atomic E-state index is 12.5. The number of nitrogens with one attached hydrogen (secondary N) is 3. The van der Waals surface area contributed by atoms with Gasteiger partial charge in [0, 0.05) is 47.8 Å². The van der Waals surface area contributed by atoms with Gasteiger partial charge in [0.05, 0.1) is 11.4 Å². The Bertz CT molecular complexity index is 1040. The zero-order valence-electron chi connectivity index (χ0n) is 18.2. The first kappa shape index (κ1) is 22.1. The smallest absolute Gasteiger partial charge is 0.323 e. The van der Waals surface area contributed by atoms with Crippen molar-refractivity contribution < 1.29 is 4.79 Å². The van der Waals surface area contributed by atoms with Crippen molar-refractivity contribution in [1.29, 1.82) is 0 Å². The summed E-state index contributed by atoms with van der Waals surface area (Å²) in [5.74, 6) is 6.83. The zero-order chi connectivity index (χ0) is 22.2. The highest BCUT2D eigenvalue weighted by Crippen LogP contribution is 2.23. The first-order valence-corrected chi connectivity index (χ1v) is 10.4. The van der Waals surface area contributed by atoms with E-state index in [0.717, 1.165) is 40.7 Å². The van der Waals surface area contributed by atoms with Gasteiger partial charge in [-0.25, -0.2) is 10.6 Å². The first-order chi connectivity index (χ1) is 15.0. The average Bonchev–Trinajstić information content (AvgIpc) is 2.77. The lowest BCUT2D eigenvalue weighted by atomic mass is 10.1. The Labute approximate surface area is 183 Å². The standard InChI is InChI=1S/C24H30N6O/c1-17(2)7-8-20(26-3)16-30(25)21-11-9-19(10-12-21)28-24(31)29-23-6-4-5-18-15-27-14-13-22(18)23/h4-6,9-17,26H,7-8,25H2,1-3H3,(H2,28,29,31)/b20-16-. The molecule has 0 aliphatic rings. The third kappa shape index (κ3) is 6.20. The van der Waals surface area contributed by atoms with Crippen LogP contribution in [0.1, 0.15) is 26.7 Å². The third-order valence-electron chi connectivity index (χ3n) is 4.96. The maximum Gasteiger partial charge on any atom is 0.323 e. The van der Waals surface area contributed by atoms with Crippen molar-refractivity contribution in [1.82, 2.24) is 10.3 Å². The summed E-state index contributed by atoms with van der Waals surface area (Å²) in [6.07, 6.45) is 7.40. The van der Waals surface area contributed by atoms with Gasteiger partial charge in [-0.1, -0.05) is 26.0 Å². The third-order valence-corrected chi connectivity index (χ3v) is 4.96. The van der Waals surface area contributed by atoms with Gasteiger partial charge in [0.1, 0.15) is 0 Å². The highest BCUT2D eigenvalue weighted by Gasteiger charge is 2.07. The fourth-order valence-corrected chi connectivity index (χ4v) is 3.17. The number of amides is 2. The second kappa shape index (κ2) is 10.4.